The second-order valence-corrected chi connectivity index (χ2v) is 32.4. The molecule has 0 aliphatic carbocycles. The Bertz CT molecular complexity index is 3230. The molecule has 78 heavy (non-hydrogen) atoms. The maximum atomic E-state index is 7.80. The van der Waals surface area contributed by atoms with Crippen LogP contribution in [0.25, 0.3) is 33.1 Å². The van der Waals surface area contributed by atoms with Crippen molar-refractivity contribution in [2.75, 3.05) is 0 Å². The van der Waals surface area contributed by atoms with Crippen LogP contribution in [0.3, 0.4) is 0 Å². The molecule has 6 nitrogen and oxygen atoms in total. The lowest BCUT2D eigenvalue weighted by Gasteiger charge is -2.32. The van der Waals surface area contributed by atoms with Gasteiger partial charge in [-0.25, -0.2) is 0 Å². The van der Waals surface area contributed by atoms with Gasteiger partial charge in [0.15, 0.2) is 0 Å². The minimum atomic E-state index is -2.22. The fourth-order valence-corrected chi connectivity index (χ4v) is 11.7. The van der Waals surface area contributed by atoms with Gasteiger partial charge in [0.2, 0.25) is 0 Å². The van der Waals surface area contributed by atoms with Crippen LogP contribution in [-0.4, -0.2) is 0 Å². The molecule has 0 spiro atoms. The van der Waals surface area contributed by atoms with E-state index in [4.69, 9.17) is 49.7 Å². The second kappa shape index (κ2) is 21.4. The van der Waals surface area contributed by atoms with Crippen molar-refractivity contribution in [3.63, 3.8) is 0 Å². The first-order valence-electron chi connectivity index (χ1n) is 27.5. The summed E-state index contributed by atoms with van der Waals surface area (Å²) in [5.74, 6) is 2.34. The Balaban J connectivity index is 1.68. The molecule has 0 atom stereocenters. The zero-order valence-corrected chi connectivity index (χ0v) is 54.6. The maximum absolute atomic E-state index is 7.80. The van der Waals surface area contributed by atoms with E-state index in [0.717, 1.165) is 66.4 Å². The van der Waals surface area contributed by atoms with Gasteiger partial charge in [-0.15, -0.1) is 0 Å². The van der Waals surface area contributed by atoms with Crippen molar-refractivity contribution < 1.29 is 26.5 Å². The van der Waals surface area contributed by atoms with Gasteiger partial charge in [-0.1, -0.05) is 214 Å². The van der Waals surface area contributed by atoms with Crippen molar-refractivity contribution in [2.45, 2.75) is 209 Å². The average Bonchev–Trinajstić information content (AvgIpc) is 3.45. The molecule has 6 aromatic carbocycles. The first-order valence-corrected chi connectivity index (χ1v) is 30.4. The second-order valence-electron chi connectivity index (χ2n) is 29.5. The summed E-state index contributed by atoms with van der Waals surface area (Å²) >= 11 is 12.8. The van der Waals surface area contributed by atoms with Gasteiger partial charge in [0, 0.05) is 54.2 Å². The molecule has 10 heteroatoms. The number of hydrogen-bond donors (Lipinski definition) is 0. The lowest BCUT2D eigenvalue weighted by molar-refractivity contribution is 0.382. The highest BCUT2D eigenvalue weighted by Gasteiger charge is 2.36. The van der Waals surface area contributed by atoms with Gasteiger partial charge in [-0.3, -0.25) is 0 Å². The Morgan fingerprint density at radius 2 is 0.641 bits per heavy atom. The summed E-state index contributed by atoms with van der Waals surface area (Å²) < 4.78 is 43.8. The van der Waals surface area contributed by atoms with E-state index < -0.39 is 27.7 Å². The van der Waals surface area contributed by atoms with E-state index in [1.807, 2.05) is 24.3 Å². The minimum absolute atomic E-state index is 0.156. The molecule has 0 amide bonds. The number of fused-ring (bicyclic) bond motifs is 3. The fraction of sp³-hybridized carbons (Fsp3) is 0.471. The predicted molar refractivity (Wildman–Crippen MR) is 336 cm³/mol. The van der Waals surface area contributed by atoms with E-state index >= 15 is 0 Å². The van der Waals surface area contributed by atoms with Crippen molar-refractivity contribution in [1.29, 1.82) is 0 Å². The molecule has 0 radical (unpaired) electrons. The summed E-state index contributed by atoms with van der Waals surface area (Å²) in [5, 5.41) is 3.19. The zero-order valence-electron chi connectivity index (χ0n) is 51.3. The molecule has 0 bridgehead atoms. The molecule has 0 aliphatic heterocycles. The monoisotopic (exact) mass is 1130 g/mol. The Hall–Kier alpha value is -4.57. The van der Waals surface area contributed by atoms with Crippen molar-refractivity contribution >= 4 is 62.0 Å². The number of halogens is 2. The van der Waals surface area contributed by atoms with Gasteiger partial charge < -0.3 is 26.5 Å². The van der Waals surface area contributed by atoms with E-state index in [2.05, 4.69) is 215 Å². The van der Waals surface area contributed by atoms with Gasteiger partial charge in [0.25, 0.3) is 0 Å². The highest BCUT2D eigenvalue weighted by molar-refractivity contribution is 7.43. The summed E-state index contributed by atoms with van der Waals surface area (Å²) in [4.78, 5) is 0. The average molecular weight is 1130 g/mol. The van der Waals surface area contributed by atoms with Gasteiger partial charge in [-0.2, -0.15) is 0 Å². The molecular formula is C68H88Cl2O6P2. The molecule has 0 fully saturated rings. The van der Waals surface area contributed by atoms with Crippen molar-refractivity contribution in [3.8, 4) is 34.1 Å². The van der Waals surface area contributed by atoms with E-state index in [0.29, 0.717) is 33.0 Å². The Labute approximate surface area is 480 Å². The third-order valence-electron chi connectivity index (χ3n) is 14.3. The van der Waals surface area contributed by atoms with Crippen molar-refractivity contribution in [3.05, 3.63) is 152 Å². The molecule has 0 saturated heterocycles. The van der Waals surface area contributed by atoms with Crippen LogP contribution in [0.1, 0.15) is 211 Å². The lowest BCUT2D eigenvalue weighted by atomic mass is 9.75. The van der Waals surface area contributed by atoms with E-state index in [9.17, 15) is 0 Å². The van der Waals surface area contributed by atoms with E-state index in [1.54, 1.807) is 24.3 Å². The number of hydrogen-bond acceptors (Lipinski definition) is 6. The Morgan fingerprint density at radius 3 is 0.962 bits per heavy atom. The first-order chi connectivity index (χ1) is 35.5. The minimum Gasteiger partial charge on any atom is -0.409 e. The first kappa shape index (κ1) is 61.1. The molecule has 0 aliphatic rings. The number of rotatable bonds is 9. The third-order valence-corrected chi connectivity index (χ3v) is 16.8. The highest BCUT2D eigenvalue weighted by atomic mass is 35.5. The van der Waals surface area contributed by atoms with Crippen LogP contribution in [0.15, 0.2) is 105 Å². The quantitative estimate of drug-likeness (QED) is 0.134. The van der Waals surface area contributed by atoms with Crippen LogP contribution in [0.5, 0.6) is 23.0 Å². The molecule has 1 aromatic heterocycles. The predicted octanol–water partition coefficient (Wildman–Crippen LogP) is 23.2. The standard InChI is InChI=1S/C68H88Cl2O6P2/c1-61(2,3)41-33-49(57(53(37-41)65(13,14)15)73-77(71-47-29-25-45(69)26-30-47)72-48-31-27-46(70)28-32-48)50-34-42(62(4,5)6)38-54(66(16,17)18)58(50)74-78-75-59-51(35-43(63(7,8)9)39-55(59)67(19,20)21)52-36-44(64(10,11)12)40-56(60(52)76-78)68(22,23)24/h25-40H,1-24H3. The summed E-state index contributed by atoms with van der Waals surface area (Å²) in [6, 6.07) is 33.0. The van der Waals surface area contributed by atoms with Gasteiger partial charge in [-0.05, 0) is 138 Å². The SMILES string of the molecule is CC(C)(C)c1cc(-c2cc(C(C)(C)C)cc(C(C)(C)C)c2Op2oc3c(C(C)(C)C)cc(C(C)(C)C)cc3c3cc(C(C)(C)C)cc(C(C)(C)C)c3o2)c(OP(Oc2ccc(Cl)cc2)Oc2ccc(Cl)cc2)c(C(C)(C)C)c1. The molecule has 0 unspecified atom stereocenters. The van der Waals surface area contributed by atoms with Gasteiger partial charge in [0.05, 0.1) is 0 Å². The topological polar surface area (TPSA) is 63.2 Å². The van der Waals surface area contributed by atoms with Crippen LogP contribution in [0, 0.1) is 0 Å². The third kappa shape index (κ3) is 13.9. The normalized spacial score (nSPS) is 13.4. The Morgan fingerprint density at radius 1 is 0.346 bits per heavy atom. The summed E-state index contributed by atoms with van der Waals surface area (Å²) in [7, 11) is -4.41. The van der Waals surface area contributed by atoms with E-state index in [1.165, 1.54) is 11.1 Å². The maximum Gasteiger partial charge on any atom is 0.530 e. The van der Waals surface area contributed by atoms with Crippen LogP contribution in [0.2, 0.25) is 10.0 Å². The van der Waals surface area contributed by atoms with Crippen molar-refractivity contribution in [2.24, 2.45) is 0 Å². The Kier molecular flexibility index (Phi) is 16.7. The van der Waals surface area contributed by atoms with E-state index in [-0.39, 0.29) is 32.5 Å². The molecule has 0 saturated carbocycles. The summed E-state index contributed by atoms with van der Waals surface area (Å²) in [5.41, 5.74) is 9.73. The van der Waals surface area contributed by atoms with Gasteiger partial charge in [0.1, 0.15) is 34.2 Å². The van der Waals surface area contributed by atoms with Crippen LogP contribution in [0.4, 0.5) is 0 Å². The molecule has 1 heterocycles. The van der Waals surface area contributed by atoms with Crippen molar-refractivity contribution in [1.82, 2.24) is 0 Å². The molecule has 7 aromatic rings. The van der Waals surface area contributed by atoms with Crippen LogP contribution < -0.4 is 18.1 Å². The van der Waals surface area contributed by atoms with Crippen LogP contribution >= 0.6 is 40.0 Å². The van der Waals surface area contributed by atoms with Gasteiger partial charge >= 0.3 is 16.8 Å². The lowest BCUT2D eigenvalue weighted by Crippen LogP contribution is -2.20. The van der Waals surface area contributed by atoms with Crippen LogP contribution in [-0.2, 0) is 43.3 Å². The fourth-order valence-electron chi connectivity index (χ4n) is 9.24. The molecule has 0 N–H and O–H groups in total. The smallest absolute Gasteiger partial charge is 0.409 e. The zero-order chi connectivity index (χ0) is 58.3. The summed E-state index contributed by atoms with van der Waals surface area (Å²) in [6.07, 6.45) is 0. The molecular weight excluding hydrogens is 1050 g/mol. The highest BCUT2D eigenvalue weighted by Crippen LogP contribution is 2.56. The largest absolute Gasteiger partial charge is 0.530 e. The summed E-state index contributed by atoms with van der Waals surface area (Å²) in [6.45, 7) is 54.2. The molecule has 420 valence electrons. The molecule has 7 rings (SSSR count). The number of benzene rings is 6.